The van der Waals surface area contributed by atoms with E-state index in [9.17, 15) is 14.4 Å². The van der Waals surface area contributed by atoms with Crippen LogP contribution in [0.4, 0.5) is 4.79 Å². The minimum atomic E-state index is -0.637. The molecular formula is C16H19NO5. The molecule has 0 unspecified atom stereocenters. The van der Waals surface area contributed by atoms with Gasteiger partial charge in [-0.05, 0) is 18.1 Å². The maximum absolute atomic E-state index is 12.1. The van der Waals surface area contributed by atoms with E-state index in [-0.39, 0.29) is 31.4 Å². The van der Waals surface area contributed by atoms with Crippen molar-refractivity contribution in [3.8, 4) is 0 Å². The van der Waals surface area contributed by atoms with Crippen LogP contribution in [-0.4, -0.2) is 42.1 Å². The molecule has 1 atom stereocenters. The third kappa shape index (κ3) is 3.84. The summed E-state index contributed by atoms with van der Waals surface area (Å²) in [6.45, 7) is 4.17. The second-order valence-electron chi connectivity index (χ2n) is 5.42. The Morgan fingerprint density at radius 1 is 1.27 bits per heavy atom. The summed E-state index contributed by atoms with van der Waals surface area (Å²) in [6, 6.07) is 8.59. The number of esters is 1. The highest BCUT2D eigenvalue weighted by atomic mass is 16.6. The molecule has 0 bridgehead atoms. The van der Waals surface area contributed by atoms with Crippen LogP contribution in [0, 0.1) is 5.92 Å². The summed E-state index contributed by atoms with van der Waals surface area (Å²) in [5, 5.41) is 0. The zero-order valence-electron chi connectivity index (χ0n) is 12.7. The molecule has 1 aliphatic rings. The molecule has 1 fully saturated rings. The fraction of sp³-hybridized carbons (Fsp3) is 0.438. The Morgan fingerprint density at radius 2 is 1.95 bits per heavy atom. The van der Waals surface area contributed by atoms with Crippen LogP contribution in [0.15, 0.2) is 30.3 Å². The van der Waals surface area contributed by atoms with E-state index in [0.717, 1.165) is 4.90 Å². The number of carbonyl (C=O) groups is 3. The molecule has 1 aromatic rings. The van der Waals surface area contributed by atoms with Crippen LogP contribution in [0.3, 0.4) is 0 Å². The van der Waals surface area contributed by atoms with E-state index in [2.05, 4.69) is 0 Å². The standard InChI is InChI=1S/C16H19NO5/c1-11(2)13(10-14(18)17-8-9-21-16(17)20)22-15(19)12-6-4-3-5-7-12/h3-7,11,13H,8-10H2,1-2H3/t13-/m1/s1. The number of carbonyl (C=O) groups excluding carboxylic acids is 3. The molecule has 0 spiro atoms. The molecule has 1 aliphatic heterocycles. The van der Waals surface area contributed by atoms with Crippen LogP contribution in [0.25, 0.3) is 0 Å². The summed E-state index contributed by atoms with van der Waals surface area (Å²) in [7, 11) is 0. The van der Waals surface area contributed by atoms with Gasteiger partial charge in [0.15, 0.2) is 0 Å². The number of hydrogen-bond acceptors (Lipinski definition) is 5. The fourth-order valence-electron chi connectivity index (χ4n) is 2.10. The normalized spacial score (nSPS) is 15.6. The van der Waals surface area contributed by atoms with Crippen LogP contribution < -0.4 is 0 Å². The lowest BCUT2D eigenvalue weighted by molar-refractivity contribution is -0.130. The summed E-state index contributed by atoms with van der Waals surface area (Å²) in [5.41, 5.74) is 0.432. The monoisotopic (exact) mass is 305 g/mol. The van der Waals surface area contributed by atoms with Gasteiger partial charge in [0.1, 0.15) is 12.7 Å². The minimum absolute atomic E-state index is 0.0364. The van der Waals surface area contributed by atoms with Crippen molar-refractivity contribution in [2.24, 2.45) is 5.92 Å². The summed E-state index contributed by atoms with van der Waals surface area (Å²) in [5.74, 6) is -0.909. The van der Waals surface area contributed by atoms with Gasteiger partial charge in [-0.1, -0.05) is 32.0 Å². The van der Waals surface area contributed by atoms with Gasteiger partial charge in [0.2, 0.25) is 5.91 Å². The Morgan fingerprint density at radius 3 is 2.50 bits per heavy atom. The number of cyclic esters (lactones) is 1. The Bertz CT molecular complexity index is 555. The third-order valence-electron chi connectivity index (χ3n) is 3.45. The first-order valence-corrected chi connectivity index (χ1v) is 7.22. The molecule has 0 N–H and O–H groups in total. The zero-order chi connectivity index (χ0) is 16.1. The van der Waals surface area contributed by atoms with Crippen molar-refractivity contribution in [1.82, 2.24) is 4.90 Å². The quantitative estimate of drug-likeness (QED) is 0.780. The highest BCUT2D eigenvalue weighted by Gasteiger charge is 2.32. The van der Waals surface area contributed by atoms with Crippen molar-refractivity contribution in [3.63, 3.8) is 0 Å². The number of nitrogens with zero attached hydrogens (tertiary/aromatic N) is 1. The van der Waals surface area contributed by atoms with Crippen molar-refractivity contribution in [1.29, 1.82) is 0 Å². The van der Waals surface area contributed by atoms with Crippen molar-refractivity contribution in [3.05, 3.63) is 35.9 Å². The Balaban J connectivity index is 1.99. The minimum Gasteiger partial charge on any atom is -0.458 e. The molecule has 0 aromatic heterocycles. The zero-order valence-corrected chi connectivity index (χ0v) is 12.7. The van der Waals surface area contributed by atoms with E-state index in [4.69, 9.17) is 9.47 Å². The van der Waals surface area contributed by atoms with Crippen molar-refractivity contribution < 1.29 is 23.9 Å². The third-order valence-corrected chi connectivity index (χ3v) is 3.45. The maximum Gasteiger partial charge on any atom is 0.416 e. The van der Waals surface area contributed by atoms with Crippen LogP contribution in [0.5, 0.6) is 0 Å². The first-order valence-electron chi connectivity index (χ1n) is 7.22. The number of benzene rings is 1. The molecule has 0 radical (unpaired) electrons. The number of hydrogen-bond donors (Lipinski definition) is 0. The van der Waals surface area contributed by atoms with E-state index in [1.807, 2.05) is 13.8 Å². The molecule has 2 amide bonds. The first-order chi connectivity index (χ1) is 10.5. The molecule has 0 aliphatic carbocycles. The molecule has 2 rings (SSSR count). The van der Waals surface area contributed by atoms with Crippen molar-refractivity contribution >= 4 is 18.0 Å². The lowest BCUT2D eigenvalue weighted by Gasteiger charge is -2.22. The molecule has 6 heteroatoms. The summed E-state index contributed by atoms with van der Waals surface area (Å²) >= 11 is 0. The predicted octanol–water partition coefficient (Wildman–Crippen LogP) is 2.24. The maximum atomic E-state index is 12.1. The van der Waals surface area contributed by atoms with Crippen LogP contribution in [0.2, 0.25) is 0 Å². The van der Waals surface area contributed by atoms with Gasteiger partial charge < -0.3 is 9.47 Å². The molecule has 1 heterocycles. The van der Waals surface area contributed by atoms with E-state index in [1.165, 1.54) is 0 Å². The molecular weight excluding hydrogens is 286 g/mol. The fourth-order valence-corrected chi connectivity index (χ4v) is 2.10. The highest BCUT2D eigenvalue weighted by molar-refractivity contribution is 5.93. The van der Waals surface area contributed by atoms with Crippen LogP contribution in [0.1, 0.15) is 30.6 Å². The van der Waals surface area contributed by atoms with Gasteiger partial charge in [0.05, 0.1) is 18.5 Å². The Kier molecular flexibility index (Phi) is 5.14. The molecule has 22 heavy (non-hydrogen) atoms. The van der Waals surface area contributed by atoms with Crippen molar-refractivity contribution in [2.75, 3.05) is 13.2 Å². The van der Waals surface area contributed by atoms with Crippen LogP contribution in [-0.2, 0) is 14.3 Å². The predicted molar refractivity (Wildman–Crippen MR) is 78.2 cm³/mol. The smallest absolute Gasteiger partial charge is 0.416 e. The summed E-state index contributed by atoms with van der Waals surface area (Å²) in [4.78, 5) is 36.6. The van der Waals surface area contributed by atoms with Gasteiger partial charge in [-0.3, -0.25) is 4.79 Å². The van der Waals surface area contributed by atoms with Gasteiger partial charge in [0.25, 0.3) is 0 Å². The van der Waals surface area contributed by atoms with E-state index < -0.39 is 18.2 Å². The Hall–Kier alpha value is -2.37. The van der Waals surface area contributed by atoms with Crippen LogP contribution >= 0.6 is 0 Å². The molecule has 1 saturated heterocycles. The van der Waals surface area contributed by atoms with E-state index in [1.54, 1.807) is 30.3 Å². The average Bonchev–Trinajstić information content (AvgIpc) is 2.93. The van der Waals surface area contributed by atoms with Gasteiger partial charge in [-0.15, -0.1) is 0 Å². The van der Waals surface area contributed by atoms with Gasteiger partial charge >= 0.3 is 12.1 Å². The molecule has 118 valence electrons. The van der Waals surface area contributed by atoms with Crippen molar-refractivity contribution in [2.45, 2.75) is 26.4 Å². The number of amides is 2. The SMILES string of the molecule is CC(C)[C@@H](CC(=O)N1CCOC1=O)OC(=O)c1ccccc1. The second kappa shape index (κ2) is 7.06. The highest BCUT2D eigenvalue weighted by Crippen LogP contribution is 2.17. The first kappa shape index (κ1) is 16.0. The molecule has 0 saturated carbocycles. The van der Waals surface area contributed by atoms with E-state index in [0.29, 0.717) is 5.56 Å². The van der Waals surface area contributed by atoms with E-state index >= 15 is 0 Å². The number of ether oxygens (including phenoxy) is 2. The lowest BCUT2D eigenvalue weighted by Crippen LogP contribution is -2.36. The largest absolute Gasteiger partial charge is 0.458 e. The van der Waals surface area contributed by atoms with Gasteiger partial charge in [-0.25, -0.2) is 14.5 Å². The summed E-state index contributed by atoms with van der Waals surface area (Å²) < 4.78 is 10.2. The number of imide groups is 1. The summed E-state index contributed by atoms with van der Waals surface area (Å²) in [6.07, 6.45) is -1.26. The lowest BCUT2D eigenvalue weighted by atomic mass is 10.0. The molecule has 1 aromatic carbocycles. The molecule has 6 nitrogen and oxygen atoms in total. The topological polar surface area (TPSA) is 72.9 Å². The van der Waals surface area contributed by atoms with Gasteiger partial charge in [0, 0.05) is 0 Å². The Labute approximate surface area is 129 Å². The second-order valence-corrected chi connectivity index (χ2v) is 5.42. The van der Waals surface area contributed by atoms with Gasteiger partial charge in [-0.2, -0.15) is 0 Å². The number of rotatable bonds is 5. The average molecular weight is 305 g/mol.